The van der Waals surface area contributed by atoms with Crippen molar-refractivity contribution in [3.8, 4) is 0 Å². The molecule has 4 heteroatoms. The molecule has 0 aromatic heterocycles. The van der Waals surface area contributed by atoms with Crippen LogP contribution in [0.1, 0.15) is 25.7 Å². The molecule has 0 spiro atoms. The lowest BCUT2D eigenvalue weighted by atomic mass is 10.2. The van der Waals surface area contributed by atoms with E-state index in [2.05, 4.69) is 33.2 Å². The van der Waals surface area contributed by atoms with Crippen LogP contribution in [-0.2, 0) is 0 Å². The molecule has 2 N–H and O–H groups in total. The molecule has 1 aliphatic rings. The molecule has 17 heavy (non-hydrogen) atoms. The van der Waals surface area contributed by atoms with Gasteiger partial charge in [-0.15, -0.1) is 0 Å². The van der Waals surface area contributed by atoms with Gasteiger partial charge >= 0.3 is 6.03 Å². The molecule has 1 aromatic carbocycles. The molecule has 1 saturated carbocycles. The highest BCUT2D eigenvalue weighted by atomic mass is 127. The van der Waals surface area contributed by atoms with Gasteiger partial charge in [-0.3, -0.25) is 0 Å². The summed E-state index contributed by atoms with van der Waals surface area (Å²) in [5.41, 5.74) is 2.15. The molecule has 3 nitrogen and oxygen atoms in total. The number of carbonyl (C=O) groups is 1. The summed E-state index contributed by atoms with van der Waals surface area (Å²) in [4.78, 5) is 11.6. The zero-order valence-electron chi connectivity index (χ0n) is 9.50. The van der Waals surface area contributed by atoms with E-state index in [1.54, 1.807) is 0 Å². The maximum absolute atomic E-state index is 11.6. The number of halogens is 1. The molecule has 0 atom stereocenters. The number of rotatable bonds is 2. The maximum atomic E-state index is 11.6. The fourth-order valence-corrected chi connectivity index (χ4v) is 2.20. The fourth-order valence-electron chi connectivity index (χ4n) is 1.84. The van der Waals surface area contributed by atoms with Crippen molar-refractivity contribution in [3.05, 3.63) is 39.6 Å². The standard InChI is InChI=1S/C13H15IN2O/c14-11-5-7-12(8-6-11)16-13(17)15-9-10-3-1-2-4-10/h5-9H,1-4H2,(H2,15,16,17). The summed E-state index contributed by atoms with van der Waals surface area (Å²) in [6, 6.07) is 7.54. The highest BCUT2D eigenvalue weighted by Crippen LogP contribution is 2.22. The Bertz CT molecular complexity index is 418. The molecular formula is C13H15IN2O. The van der Waals surface area contributed by atoms with Gasteiger partial charge in [-0.1, -0.05) is 5.57 Å². The topological polar surface area (TPSA) is 41.1 Å². The lowest BCUT2D eigenvalue weighted by Crippen LogP contribution is -2.24. The van der Waals surface area contributed by atoms with Gasteiger partial charge in [0.15, 0.2) is 0 Å². The Morgan fingerprint density at radius 2 is 1.82 bits per heavy atom. The molecule has 0 saturated heterocycles. The predicted molar refractivity (Wildman–Crippen MR) is 77.9 cm³/mol. The van der Waals surface area contributed by atoms with E-state index in [0.29, 0.717) is 0 Å². The number of benzene rings is 1. The number of urea groups is 1. The lowest BCUT2D eigenvalue weighted by molar-refractivity contribution is 0.255. The molecule has 0 radical (unpaired) electrons. The highest BCUT2D eigenvalue weighted by Gasteiger charge is 2.06. The molecule has 0 aliphatic heterocycles. The second-order valence-electron chi connectivity index (χ2n) is 4.12. The SMILES string of the molecule is O=C(NC=C1CCCC1)Nc1ccc(I)cc1. The van der Waals surface area contributed by atoms with Gasteiger partial charge in [0.1, 0.15) is 0 Å². The summed E-state index contributed by atoms with van der Waals surface area (Å²) in [6.07, 6.45) is 6.56. The van der Waals surface area contributed by atoms with Crippen molar-refractivity contribution in [2.45, 2.75) is 25.7 Å². The van der Waals surface area contributed by atoms with Crippen LogP contribution in [0.3, 0.4) is 0 Å². The number of amides is 2. The maximum Gasteiger partial charge on any atom is 0.323 e. The van der Waals surface area contributed by atoms with Crippen molar-refractivity contribution in [1.82, 2.24) is 5.32 Å². The summed E-state index contributed by atoms with van der Waals surface area (Å²) >= 11 is 2.23. The van der Waals surface area contributed by atoms with E-state index in [9.17, 15) is 4.79 Å². The normalized spacial score (nSPS) is 14.5. The first-order valence-corrected chi connectivity index (χ1v) is 6.83. The second-order valence-corrected chi connectivity index (χ2v) is 5.36. The van der Waals surface area contributed by atoms with Gasteiger partial charge in [-0.2, -0.15) is 0 Å². The Hall–Kier alpha value is -1.04. The van der Waals surface area contributed by atoms with Crippen molar-refractivity contribution in [3.63, 3.8) is 0 Å². The third-order valence-electron chi connectivity index (χ3n) is 2.76. The van der Waals surface area contributed by atoms with E-state index in [1.165, 1.54) is 18.4 Å². The average Bonchev–Trinajstić information content (AvgIpc) is 2.83. The molecular weight excluding hydrogens is 327 g/mol. The molecule has 1 fully saturated rings. The average molecular weight is 342 g/mol. The second kappa shape index (κ2) is 6.05. The first-order chi connectivity index (χ1) is 8.24. The minimum absolute atomic E-state index is 0.175. The number of nitrogens with one attached hydrogen (secondary N) is 2. The van der Waals surface area contributed by atoms with Crippen LogP contribution in [0, 0.1) is 3.57 Å². The molecule has 2 amide bonds. The van der Waals surface area contributed by atoms with Gasteiger partial charge in [0.25, 0.3) is 0 Å². The van der Waals surface area contributed by atoms with Crippen molar-refractivity contribution in [2.75, 3.05) is 5.32 Å². The van der Waals surface area contributed by atoms with Gasteiger partial charge in [0, 0.05) is 15.5 Å². The van der Waals surface area contributed by atoms with E-state index in [0.717, 1.165) is 22.1 Å². The number of hydrogen-bond donors (Lipinski definition) is 2. The predicted octanol–water partition coefficient (Wildman–Crippen LogP) is 3.87. The van der Waals surface area contributed by atoms with Crippen LogP contribution in [0.15, 0.2) is 36.0 Å². The third kappa shape index (κ3) is 4.03. The molecule has 0 bridgehead atoms. The largest absolute Gasteiger partial charge is 0.323 e. The van der Waals surface area contributed by atoms with Crippen molar-refractivity contribution in [1.29, 1.82) is 0 Å². The zero-order valence-corrected chi connectivity index (χ0v) is 11.7. The van der Waals surface area contributed by atoms with E-state index < -0.39 is 0 Å². The quantitative estimate of drug-likeness (QED) is 0.787. The number of carbonyl (C=O) groups excluding carboxylic acids is 1. The zero-order chi connectivity index (χ0) is 12.1. The van der Waals surface area contributed by atoms with E-state index >= 15 is 0 Å². The van der Waals surface area contributed by atoms with Crippen LogP contribution in [0.4, 0.5) is 10.5 Å². The summed E-state index contributed by atoms with van der Waals surface area (Å²) in [7, 11) is 0. The molecule has 1 aliphatic carbocycles. The molecule has 0 heterocycles. The highest BCUT2D eigenvalue weighted by molar-refractivity contribution is 14.1. The smallest absolute Gasteiger partial charge is 0.314 e. The number of allylic oxidation sites excluding steroid dienone is 1. The van der Waals surface area contributed by atoms with Crippen LogP contribution < -0.4 is 10.6 Å². The summed E-state index contributed by atoms with van der Waals surface area (Å²) < 4.78 is 1.15. The van der Waals surface area contributed by atoms with E-state index in [1.807, 2.05) is 30.5 Å². The monoisotopic (exact) mass is 342 g/mol. The van der Waals surface area contributed by atoms with Crippen molar-refractivity contribution >= 4 is 34.3 Å². The van der Waals surface area contributed by atoms with Gasteiger partial charge in [0.05, 0.1) is 0 Å². The summed E-state index contributed by atoms with van der Waals surface area (Å²) in [5.74, 6) is 0. The van der Waals surface area contributed by atoms with Crippen LogP contribution in [0.25, 0.3) is 0 Å². The molecule has 1 aromatic rings. The Kier molecular flexibility index (Phi) is 4.42. The number of anilines is 1. The van der Waals surface area contributed by atoms with Crippen molar-refractivity contribution in [2.24, 2.45) is 0 Å². The van der Waals surface area contributed by atoms with E-state index in [4.69, 9.17) is 0 Å². The van der Waals surface area contributed by atoms with Gasteiger partial charge in [-0.25, -0.2) is 4.79 Å². The fraction of sp³-hybridized carbons (Fsp3) is 0.308. The molecule has 2 rings (SSSR count). The minimum atomic E-state index is -0.175. The first-order valence-electron chi connectivity index (χ1n) is 5.75. The van der Waals surface area contributed by atoms with Crippen LogP contribution in [0.2, 0.25) is 0 Å². The van der Waals surface area contributed by atoms with Crippen molar-refractivity contribution < 1.29 is 4.79 Å². The Balaban J connectivity index is 1.84. The van der Waals surface area contributed by atoms with Crippen LogP contribution >= 0.6 is 22.6 Å². The van der Waals surface area contributed by atoms with Gasteiger partial charge < -0.3 is 10.6 Å². The molecule has 0 unspecified atom stereocenters. The Morgan fingerprint density at radius 1 is 1.18 bits per heavy atom. The van der Waals surface area contributed by atoms with Crippen LogP contribution in [0.5, 0.6) is 0 Å². The summed E-state index contributed by atoms with van der Waals surface area (Å²) in [6.45, 7) is 0. The summed E-state index contributed by atoms with van der Waals surface area (Å²) in [5, 5.41) is 5.57. The van der Waals surface area contributed by atoms with Gasteiger partial charge in [0.2, 0.25) is 0 Å². The van der Waals surface area contributed by atoms with Crippen LogP contribution in [-0.4, -0.2) is 6.03 Å². The number of hydrogen-bond acceptors (Lipinski definition) is 1. The Morgan fingerprint density at radius 3 is 2.47 bits per heavy atom. The van der Waals surface area contributed by atoms with E-state index in [-0.39, 0.29) is 6.03 Å². The Labute approximate surface area is 115 Å². The molecule has 90 valence electrons. The third-order valence-corrected chi connectivity index (χ3v) is 3.47. The van der Waals surface area contributed by atoms with Gasteiger partial charge in [-0.05, 0) is 72.5 Å². The lowest BCUT2D eigenvalue weighted by Gasteiger charge is -2.05. The minimum Gasteiger partial charge on any atom is -0.314 e. The first kappa shape index (κ1) is 12.4.